The van der Waals surface area contributed by atoms with Crippen molar-refractivity contribution in [2.24, 2.45) is 5.92 Å². The molecular formula is C25H24ClN5S. The second-order valence-electron chi connectivity index (χ2n) is 8.24. The first-order chi connectivity index (χ1) is 15.6. The minimum absolute atomic E-state index is 0.470. The van der Waals surface area contributed by atoms with Crippen LogP contribution in [-0.2, 0) is 0 Å². The number of hydrogen-bond donors (Lipinski definition) is 1. The van der Waals surface area contributed by atoms with Crippen LogP contribution in [0.4, 0.5) is 5.82 Å². The number of nitrogens with two attached hydrogens (primary N) is 1. The van der Waals surface area contributed by atoms with Crippen molar-refractivity contribution in [3.8, 4) is 22.5 Å². The molecule has 1 aliphatic rings. The topological polar surface area (TPSA) is 67.9 Å². The lowest BCUT2D eigenvalue weighted by molar-refractivity contribution is 0.403. The SMILES string of the molecule is CN1CCC(CSc2nc(-c3cc(Cl)c4ncccc4c3)c(-c3ccccc3)nc2N)C1. The molecule has 32 heavy (non-hydrogen) atoms. The van der Waals surface area contributed by atoms with E-state index in [0.29, 0.717) is 16.8 Å². The Kier molecular flexibility index (Phi) is 6.00. The highest BCUT2D eigenvalue weighted by Crippen LogP contribution is 2.37. The van der Waals surface area contributed by atoms with Crippen LogP contribution in [0.1, 0.15) is 6.42 Å². The summed E-state index contributed by atoms with van der Waals surface area (Å²) in [7, 11) is 2.17. The summed E-state index contributed by atoms with van der Waals surface area (Å²) in [6.07, 6.45) is 2.96. The lowest BCUT2D eigenvalue weighted by Crippen LogP contribution is -2.15. The van der Waals surface area contributed by atoms with Crippen LogP contribution in [0, 0.1) is 5.92 Å². The average Bonchev–Trinajstić information content (AvgIpc) is 3.23. The zero-order valence-electron chi connectivity index (χ0n) is 17.8. The van der Waals surface area contributed by atoms with Crippen LogP contribution in [0.3, 0.4) is 0 Å². The molecule has 3 heterocycles. The molecule has 4 aromatic rings. The van der Waals surface area contributed by atoms with Gasteiger partial charge in [-0.3, -0.25) is 4.98 Å². The Balaban J connectivity index is 1.60. The minimum atomic E-state index is 0.470. The van der Waals surface area contributed by atoms with Crippen molar-refractivity contribution in [1.82, 2.24) is 19.9 Å². The molecule has 162 valence electrons. The van der Waals surface area contributed by atoms with E-state index in [2.05, 4.69) is 23.0 Å². The first-order valence-corrected chi connectivity index (χ1v) is 12.0. The van der Waals surface area contributed by atoms with Gasteiger partial charge >= 0.3 is 0 Å². The van der Waals surface area contributed by atoms with E-state index in [1.54, 1.807) is 18.0 Å². The van der Waals surface area contributed by atoms with E-state index in [-0.39, 0.29) is 0 Å². The summed E-state index contributed by atoms with van der Waals surface area (Å²) in [6.45, 7) is 2.26. The highest BCUT2D eigenvalue weighted by atomic mass is 35.5. The normalized spacial score (nSPS) is 16.6. The van der Waals surface area contributed by atoms with Crippen molar-refractivity contribution in [3.05, 3.63) is 65.8 Å². The largest absolute Gasteiger partial charge is 0.381 e. The second kappa shape index (κ2) is 9.06. The number of fused-ring (bicyclic) bond motifs is 1. The maximum absolute atomic E-state index is 6.60. The van der Waals surface area contributed by atoms with Crippen LogP contribution in [0.25, 0.3) is 33.4 Å². The van der Waals surface area contributed by atoms with Gasteiger partial charge in [-0.1, -0.05) is 48.0 Å². The summed E-state index contributed by atoms with van der Waals surface area (Å²) in [4.78, 5) is 16.6. The predicted octanol–water partition coefficient (Wildman–Crippen LogP) is 5.64. The van der Waals surface area contributed by atoms with Gasteiger partial charge in [0.05, 0.1) is 21.9 Å². The van der Waals surface area contributed by atoms with Gasteiger partial charge in [-0.15, -0.1) is 11.8 Å². The van der Waals surface area contributed by atoms with Gasteiger partial charge in [0.2, 0.25) is 0 Å². The minimum Gasteiger partial charge on any atom is -0.381 e. The van der Waals surface area contributed by atoms with E-state index in [0.717, 1.165) is 57.3 Å². The Labute approximate surface area is 197 Å². The molecular weight excluding hydrogens is 438 g/mol. The number of nitrogen functional groups attached to an aromatic ring is 1. The van der Waals surface area contributed by atoms with Gasteiger partial charge in [0, 0.05) is 35.0 Å². The highest BCUT2D eigenvalue weighted by Gasteiger charge is 2.22. The summed E-state index contributed by atoms with van der Waals surface area (Å²) < 4.78 is 0. The van der Waals surface area contributed by atoms with E-state index in [1.165, 1.54) is 6.42 Å². The molecule has 5 nitrogen and oxygen atoms in total. The Morgan fingerprint density at radius 3 is 2.66 bits per heavy atom. The third kappa shape index (κ3) is 4.31. The number of thioether (sulfide) groups is 1. The lowest BCUT2D eigenvalue weighted by atomic mass is 10.0. The molecule has 5 rings (SSSR count). The first kappa shape index (κ1) is 21.2. The number of anilines is 1. The molecule has 7 heteroatoms. The molecule has 0 radical (unpaired) electrons. The second-order valence-corrected chi connectivity index (χ2v) is 9.65. The van der Waals surface area contributed by atoms with Crippen molar-refractivity contribution >= 4 is 40.1 Å². The number of halogens is 1. The molecule has 0 saturated carbocycles. The number of aromatic nitrogens is 3. The van der Waals surface area contributed by atoms with Crippen molar-refractivity contribution in [2.45, 2.75) is 11.4 Å². The van der Waals surface area contributed by atoms with E-state index in [9.17, 15) is 0 Å². The fourth-order valence-corrected chi connectivity index (χ4v) is 5.47. The Morgan fingerprint density at radius 1 is 1.06 bits per heavy atom. The van der Waals surface area contributed by atoms with Crippen LogP contribution in [0.2, 0.25) is 5.02 Å². The van der Waals surface area contributed by atoms with Gasteiger partial charge in [-0.25, -0.2) is 9.97 Å². The van der Waals surface area contributed by atoms with E-state index in [4.69, 9.17) is 27.3 Å². The van der Waals surface area contributed by atoms with E-state index in [1.807, 2.05) is 48.5 Å². The molecule has 1 unspecified atom stereocenters. The monoisotopic (exact) mass is 461 g/mol. The fourth-order valence-electron chi connectivity index (χ4n) is 4.18. The molecule has 1 atom stereocenters. The van der Waals surface area contributed by atoms with Gasteiger partial charge in [-0.2, -0.15) is 0 Å². The maximum atomic E-state index is 6.60. The molecule has 0 amide bonds. The smallest absolute Gasteiger partial charge is 0.156 e. The summed E-state index contributed by atoms with van der Waals surface area (Å²) in [5.41, 5.74) is 10.6. The Morgan fingerprint density at radius 2 is 1.88 bits per heavy atom. The van der Waals surface area contributed by atoms with Gasteiger partial charge in [0.1, 0.15) is 5.03 Å². The van der Waals surface area contributed by atoms with Crippen LogP contribution in [0.5, 0.6) is 0 Å². The van der Waals surface area contributed by atoms with Crippen molar-refractivity contribution in [1.29, 1.82) is 0 Å². The molecule has 2 N–H and O–H groups in total. The molecule has 1 fully saturated rings. The van der Waals surface area contributed by atoms with Gasteiger partial charge in [-0.05, 0) is 44.1 Å². The fraction of sp³-hybridized carbons (Fsp3) is 0.240. The van der Waals surface area contributed by atoms with Crippen LogP contribution < -0.4 is 5.73 Å². The Hall–Kier alpha value is -2.67. The van der Waals surface area contributed by atoms with Gasteiger partial charge < -0.3 is 10.6 Å². The van der Waals surface area contributed by atoms with Crippen molar-refractivity contribution in [3.63, 3.8) is 0 Å². The third-order valence-corrected chi connectivity index (χ3v) is 7.31. The summed E-state index contributed by atoms with van der Waals surface area (Å²) in [5.74, 6) is 2.09. The van der Waals surface area contributed by atoms with Crippen LogP contribution in [-0.4, -0.2) is 45.7 Å². The number of likely N-dealkylation sites (tertiary alicyclic amines) is 1. The zero-order valence-corrected chi connectivity index (χ0v) is 19.4. The molecule has 2 aromatic heterocycles. The lowest BCUT2D eigenvalue weighted by Gasteiger charge is -2.15. The first-order valence-electron chi connectivity index (χ1n) is 10.7. The standard InChI is InChI=1S/C25H24ClN5S/c1-31-11-9-16(14-31)15-32-25-24(27)29-22(17-6-3-2-4-7-17)23(30-25)19-12-18-8-5-10-28-21(18)20(26)13-19/h2-8,10,12-13,16H,9,11,14-15H2,1H3,(H2,27,29). The molecule has 0 spiro atoms. The molecule has 2 aromatic carbocycles. The van der Waals surface area contributed by atoms with E-state index < -0.39 is 0 Å². The van der Waals surface area contributed by atoms with Crippen LogP contribution >= 0.6 is 23.4 Å². The molecule has 1 saturated heterocycles. The highest BCUT2D eigenvalue weighted by molar-refractivity contribution is 7.99. The summed E-state index contributed by atoms with van der Waals surface area (Å²) in [6, 6.07) is 17.9. The zero-order chi connectivity index (χ0) is 22.1. The summed E-state index contributed by atoms with van der Waals surface area (Å²) >= 11 is 8.29. The third-order valence-electron chi connectivity index (χ3n) is 5.81. The number of benzene rings is 2. The molecule has 0 bridgehead atoms. The number of hydrogen-bond acceptors (Lipinski definition) is 6. The predicted molar refractivity (Wildman–Crippen MR) is 134 cm³/mol. The number of rotatable bonds is 5. The van der Waals surface area contributed by atoms with Gasteiger partial charge in [0.15, 0.2) is 5.82 Å². The van der Waals surface area contributed by atoms with Crippen molar-refractivity contribution in [2.75, 3.05) is 31.6 Å². The average molecular weight is 462 g/mol. The molecule has 1 aliphatic heterocycles. The molecule has 0 aliphatic carbocycles. The van der Waals surface area contributed by atoms with Crippen LogP contribution in [0.15, 0.2) is 65.8 Å². The number of nitrogens with zero attached hydrogens (tertiary/aromatic N) is 4. The van der Waals surface area contributed by atoms with E-state index >= 15 is 0 Å². The van der Waals surface area contributed by atoms with Crippen molar-refractivity contribution < 1.29 is 0 Å². The summed E-state index contributed by atoms with van der Waals surface area (Å²) in [5, 5.41) is 2.34. The maximum Gasteiger partial charge on any atom is 0.156 e. The van der Waals surface area contributed by atoms with Gasteiger partial charge in [0.25, 0.3) is 0 Å². The Bertz CT molecular complexity index is 1260. The quantitative estimate of drug-likeness (QED) is 0.388. The number of pyridine rings is 1.